The summed E-state index contributed by atoms with van der Waals surface area (Å²) < 4.78 is 2.29. The molecule has 3 rings (SSSR count). The number of imidazole rings is 1. The molecule has 0 saturated heterocycles. The molecule has 2 aromatic rings. The third kappa shape index (κ3) is 1.69. The van der Waals surface area contributed by atoms with E-state index in [0.29, 0.717) is 16.9 Å². The van der Waals surface area contributed by atoms with Crippen LogP contribution in [-0.4, -0.2) is 15.4 Å². The Morgan fingerprint density at radius 3 is 2.47 bits per heavy atom. The van der Waals surface area contributed by atoms with Crippen molar-refractivity contribution in [2.75, 3.05) is 0 Å². The molecule has 2 aromatic heterocycles. The normalized spacial score (nSPS) is 21.2. The topological polar surface area (TPSA) is 29.3 Å². The lowest BCUT2D eigenvalue weighted by molar-refractivity contribution is 0.457. The van der Waals surface area contributed by atoms with E-state index in [-0.39, 0.29) is 0 Å². The van der Waals surface area contributed by atoms with Crippen LogP contribution in [0.3, 0.4) is 0 Å². The number of nitrogens with zero attached hydrogens (tertiary/aromatic N) is 2. The molecule has 0 bridgehead atoms. The second-order valence-corrected chi connectivity index (χ2v) is 7.73. The van der Waals surface area contributed by atoms with E-state index < -0.39 is 0 Å². The van der Waals surface area contributed by atoms with E-state index in [2.05, 4.69) is 61.6 Å². The van der Waals surface area contributed by atoms with Crippen LogP contribution in [0, 0.1) is 24.7 Å². The van der Waals surface area contributed by atoms with Crippen molar-refractivity contribution in [1.82, 2.24) is 14.7 Å². The van der Waals surface area contributed by atoms with Gasteiger partial charge in [0.25, 0.3) is 0 Å². The summed E-state index contributed by atoms with van der Waals surface area (Å²) >= 11 is 1.72. The number of rotatable bonds is 3. The molecule has 0 atom stereocenters. The Hall–Kier alpha value is -0.870. The molecule has 104 valence electrons. The predicted octanol–water partition coefficient (Wildman–Crippen LogP) is 3.54. The third-order valence-electron chi connectivity index (χ3n) is 5.32. The zero-order valence-corrected chi connectivity index (χ0v) is 13.5. The summed E-state index contributed by atoms with van der Waals surface area (Å²) in [7, 11) is 0. The molecule has 1 N–H and O–H groups in total. The monoisotopic (exact) mass is 277 g/mol. The van der Waals surface area contributed by atoms with E-state index in [1.165, 1.54) is 11.4 Å². The van der Waals surface area contributed by atoms with Gasteiger partial charge < -0.3 is 5.32 Å². The van der Waals surface area contributed by atoms with E-state index in [1.54, 1.807) is 11.3 Å². The Morgan fingerprint density at radius 2 is 1.89 bits per heavy atom. The van der Waals surface area contributed by atoms with Crippen LogP contribution in [0.1, 0.15) is 44.8 Å². The number of fused-ring (bicyclic) bond motifs is 1. The van der Waals surface area contributed by atoms with Gasteiger partial charge in [0.2, 0.25) is 0 Å². The van der Waals surface area contributed by atoms with Gasteiger partial charge in [-0.25, -0.2) is 4.98 Å². The molecule has 4 heteroatoms. The molecule has 0 amide bonds. The number of thiazole rings is 1. The number of nitrogens with one attached hydrogen (secondary N) is 1. The zero-order valence-electron chi connectivity index (χ0n) is 12.7. The Bertz CT molecular complexity index is 619. The minimum Gasteiger partial charge on any atom is -0.307 e. The average Bonchev–Trinajstić information content (AvgIpc) is 2.66. The molecular formula is C15H23N3S. The summed E-state index contributed by atoms with van der Waals surface area (Å²) in [5, 5.41) is 5.91. The Kier molecular flexibility index (Phi) is 2.64. The SMILES string of the molecule is Cc1nc2scc(C)n2c1CNC1C(C)(C)C1(C)C. The first-order valence-electron chi connectivity index (χ1n) is 6.92. The predicted molar refractivity (Wildman–Crippen MR) is 80.7 cm³/mol. The molecule has 0 unspecified atom stereocenters. The molecule has 2 heterocycles. The van der Waals surface area contributed by atoms with Crippen LogP contribution < -0.4 is 5.32 Å². The highest BCUT2D eigenvalue weighted by molar-refractivity contribution is 7.15. The van der Waals surface area contributed by atoms with Gasteiger partial charge in [0.05, 0.1) is 11.4 Å². The second kappa shape index (κ2) is 3.83. The molecule has 1 fully saturated rings. The smallest absolute Gasteiger partial charge is 0.194 e. The number of aryl methyl sites for hydroxylation is 2. The highest BCUT2D eigenvalue weighted by Crippen LogP contribution is 2.62. The summed E-state index contributed by atoms with van der Waals surface area (Å²) in [6.07, 6.45) is 0. The van der Waals surface area contributed by atoms with Crippen molar-refractivity contribution < 1.29 is 0 Å². The van der Waals surface area contributed by atoms with Crippen molar-refractivity contribution in [2.45, 2.75) is 54.1 Å². The lowest BCUT2D eigenvalue weighted by Gasteiger charge is -2.07. The van der Waals surface area contributed by atoms with Gasteiger partial charge in [-0.05, 0) is 24.7 Å². The van der Waals surface area contributed by atoms with E-state index in [9.17, 15) is 0 Å². The minimum atomic E-state index is 0.383. The summed E-state index contributed by atoms with van der Waals surface area (Å²) in [5.41, 5.74) is 4.51. The van der Waals surface area contributed by atoms with Gasteiger partial charge in [-0.3, -0.25) is 4.40 Å². The largest absolute Gasteiger partial charge is 0.307 e. The second-order valence-electron chi connectivity index (χ2n) is 6.90. The van der Waals surface area contributed by atoms with E-state index in [0.717, 1.165) is 17.2 Å². The van der Waals surface area contributed by atoms with Gasteiger partial charge in [-0.2, -0.15) is 0 Å². The zero-order chi connectivity index (χ0) is 14.0. The van der Waals surface area contributed by atoms with Gasteiger partial charge in [0, 0.05) is 23.7 Å². The van der Waals surface area contributed by atoms with Crippen LogP contribution in [0.5, 0.6) is 0 Å². The van der Waals surface area contributed by atoms with Crippen molar-refractivity contribution in [2.24, 2.45) is 10.8 Å². The van der Waals surface area contributed by atoms with Crippen molar-refractivity contribution in [3.8, 4) is 0 Å². The van der Waals surface area contributed by atoms with Crippen molar-refractivity contribution in [3.63, 3.8) is 0 Å². The molecule has 0 spiro atoms. The van der Waals surface area contributed by atoms with Crippen LogP contribution in [-0.2, 0) is 6.54 Å². The van der Waals surface area contributed by atoms with Crippen LogP contribution in [0.4, 0.5) is 0 Å². The number of hydrogen-bond acceptors (Lipinski definition) is 3. The fourth-order valence-corrected chi connectivity index (χ4v) is 4.21. The Morgan fingerprint density at radius 1 is 1.26 bits per heavy atom. The van der Waals surface area contributed by atoms with Crippen LogP contribution in [0.2, 0.25) is 0 Å². The molecule has 0 radical (unpaired) electrons. The molecule has 1 aliphatic carbocycles. The lowest BCUT2D eigenvalue weighted by Crippen LogP contribution is -2.23. The summed E-state index contributed by atoms with van der Waals surface area (Å²) in [6, 6.07) is 0.587. The first-order chi connectivity index (χ1) is 8.76. The van der Waals surface area contributed by atoms with Crippen molar-refractivity contribution >= 4 is 16.3 Å². The van der Waals surface area contributed by atoms with Crippen LogP contribution in [0.25, 0.3) is 4.96 Å². The van der Waals surface area contributed by atoms with Gasteiger partial charge in [0.15, 0.2) is 4.96 Å². The molecule has 0 aromatic carbocycles. The molecule has 1 aliphatic rings. The minimum absolute atomic E-state index is 0.383. The summed E-state index contributed by atoms with van der Waals surface area (Å²) in [4.78, 5) is 5.76. The third-order valence-corrected chi connectivity index (χ3v) is 6.27. The van der Waals surface area contributed by atoms with Gasteiger partial charge in [-0.1, -0.05) is 27.7 Å². The summed E-state index contributed by atoms with van der Waals surface area (Å²) in [6.45, 7) is 14.6. The highest BCUT2D eigenvalue weighted by Gasteiger charge is 2.64. The van der Waals surface area contributed by atoms with Crippen molar-refractivity contribution in [3.05, 3.63) is 22.5 Å². The van der Waals surface area contributed by atoms with Gasteiger partial charge in [0.1, 0.15) is 0 Å². The van der Waals surface area contributed by atoms with Crippen molar-refractivity contribution in [1.29, 1.82) is 0 Å². The number of hydrogen-bond donors (Lipinski definition) is 1. The Labute approximate surface area is 119 Å². The molecule has 19 heavy (non-hydrogen) atoms. The van der Waals surface area contributed by atoms with Gasteiger partial charge >= 0.3 is 0 Å². The van der Waals surface area contributed by atoms with E-state index in [4.69, 9.17) is 0 Å². The average molecular weight is 277 g/mol. The lowest BCUT2D eigenvalue weighted by atomic mass is 10.0. The maximum Gasteiger partial charge on any atom is 0.194 e. The number of aromatic nitrogens is 2. The summed E-state index contributed by atoms with van der Waals surface area (Å²) in [5.74, 6) is 0. The molecule has 1 saturated carbocycles. The standard InChI is InChI=1S/C15H23N3S/c1-9-8-19-13-17-10(2)11(18(9)13)7-16-12-14(3,4)15(12,5)6/h8,12,16H,7H2,1-6H3. The van der Waals surface area contributed by atoms with Crippen LogP contribution in [0.15, 0.2) is 5.38 Å². The van der Waals surface area contributed by atoms with Gasteiger partial charge in [-0.15, -0.1) is 11.3 Å². The molecule has 3 nitrogen and oxygen atoms in total. The van der Waals surface area contributed by atoms with Crippen LogP contribution >= 0.6 is 11.3 Å². The molecular weight excluding hydrogens is 254 g/mol. The maximum absolute atomic E-state index is 4.65. The highest BCUT2D eigenvalue weighted by atomic mass is 32.1. The van der Waals surface area contributed by atoms with E-state index >= 15 is 0 Å². The quantitative estimate of drug-likeness (QED) is 0.930. The maximum atomic E-state index is 4.65. The first-order valence-corrected chi connectivity index (χ1v) is 7.80. The first kappa shape index (κ1) is 13.1. The fraction of sp³-hybridized carbons (Fsp3) is 0.667. The Balaban J connectivity index is 1.83. The molecule has 0 aliphatic heterocycles. The fourth-order valence-electron chi connectivity index (χ4n) is 3.28. The van der Waals surface area contributed by atoms with E-state index in [1.807, 2.05) is 0 Å².